The summed E-state index contributed by atoms with van der Waals surface area (Å²) < 4.78 is 5.16. The maximum atomic E-state index is 10.3. The molecule has 80 valence electrons. The summed E-state index contributed by atoms with van der Waals surface area (Å²) in [5.41, 5.74) is 1.11. The lowest BCUT2D eigenvalue weighted by Crippen LogP contribution is -1.87. The standard InChI is InChI=1S/C11H12O3S/c1-8-3-4-9(14-2)10(7-8)15-6-5-11(12)13/h3-7H,1-2H3,(H,12,13)/b6-5+. The van der Waals surface area contributed by atoms with Crippen molar-refractivity contribution in [3.63, 3.8) is 0 Å². The third-order valence-electron chi connectivity index (χ3n) is 1.72. The van der Waals surface area contributed by atoms with Crippen molar-refractivity contribution < 1.29 is 14.6 Å². The molecule has 0 radical (unpaired) electrons. The molecule has 0 aromatic heterocycles. The van der Waals surface area contributed by atoms with Gasteiger partial charge in [-0.2, -0.15) is 0 Å². The lowest BCUT2D eigenvalue weighted by atomic mass is 10.2. The third-order valence-corrected chi connectivity index (χ3v) is 2.57. The van der Waals surface area contributed by atoms with E-state index in [1.807, 2.05) is 25.1 Å². The summed E-state index contributed by atoms with van der Waals surface area (Å²) in [6.07, 6.45) is 1.10. The Morgan fingerprint density at radius 1 is 1.53 bits per heavy atom. The minimum atomic E-state index is -0.950. The number of aryl methyl sites for hydroxylation is 1. The molecule has 4 heteroatoms. The second kappa shape index (κ2) is 5.46. The number of methoxy groups -OCH3 is 1. The number of hydrogen-bond donors (Lipinski definition) is 1. The minimum absolute atomic E-state index is 0.751. The Morgan fingerprint density at radius 2 is 2.27 bits per heavy atom. The van der Waals surface area contributed by atoms with Crippen LogP contribution in [0.2, 0.25) is 0 Å². The molecule has 0 amide bonds. The SMILES string of the molecule is COc1ccc(C)cc1S/C=C/C(=O)O. The van der Waals surface area contributed by atoms with Crippen LogP contribution in [0.5, 0.6) is 5.75 Å². The predicted octanol–water partition coefficient (Wildman–Crippen LogP) is 2.69. The molecule has 0 aliphatic heterocycles. The summed E-state index contributed by atoms with van der Waals surface area (Å²) in [7, 11) is 1.59. The van der Waals surface area contributed by atoms with Gasteiger partial charge in [0.2, 0.25) is 0 Å². The maximum absolute atomic E-state index is 10.3. The number of carboxylic acid groups (broad SMARTS) is 1. The van der Waals surface area contributed by atoms with E-state index >= 15 is 0 Å². The molecule has 1 N–H and O–H groups in total. The van der Waals surface area contributed by atoms with Crippen LogP contribution in [0.4, 0.5) is 0 Å². The van der Waals surface area contributed by atoms with E-state index in [0.29, 0.717) is 0 Å². The second-order valence-electron chi connectivity index (χ2n) is 2.91. The van der Waals surface area contributed by atoms with Gasteiger partial charge in [0, 0.05) is 6.08 Å². The number of thioether (sulfide) groups is 1. The van der Waals surface area contributed by atoms with Crippen molar-refractivity contribution in [1.29, 1.82) is 0 Å². The molecular weight excluding hydrogens is 212 g/mol. The van der Waals surface area contributed by atoms with Gasteiger partial charge in [0.25, 0.3) is 0 Å². The molecule has 0 saturated carbocycles. The molecule has 0 fully saturated rings. The smallest absolute Gasteiger partial charge is 0.328 e. The Kier molecular flexibility index (Phi) is 4.24. The number of aliphatic carboxylic acids is 1. The van der Waals surface area contributed by atoms with Crippen LogP contribution in [0.3, 0.4) is 0 Å². The van der Waals surface area contributed by atoms with Crippen molar-refractivity contribution in [3.05, 3.63) is 35.2 Å². The van der Waals surface area contributed by atoms with Crippen LogP contribution in [-0.4, -0.2) is 18.2 Å². The van der Waals surface area contributed by atoms with E-state index in [4.69, 9.17) is 9.84 Å². The van der Waals surface area contributed by atoms with Gasteiger partial charge in [0.1, 0.15) is 5.75 Å². The highest BCUT2D eigenvalue weighted by molar-refractivity contribution is 8.02. The topological polar surface area (TPSA) is 46.5 Å². The first-order valence-electron chi connectivity index (χ1n) is 4.34. The van der Waals surface area contributed by atoms with Gasteiger partial charge in [-0.25, -0.2) is 4.79 Å². The molecule has 0 heterocycles. The van der Waals surface area contributed by atoms with Gasteiger partial charge in [0.15, 0.2) is 0 Å². The highest BCUT2D eigenvalue weighted by Crippen LogP contribution is 2.30. The summed E-state index contributed by atoms with van der Waals surface area (Å²) in [6.45, 7) is 1.98. The van der Waals surface area contributed by atoms with Crippen LogP contribution in [0, 0.1) is 6.92 Å². The predicted molar refractivity (Wildman–Crippen MR) is 60.4 cm³/mol. The Balaban J connectivity index is 2.82. The second-order valence-corrected chi connectivity index (χ2v) is 3.86. The van der Waals surface area contributed by atoms with Crippen LogP contribution >= 0.6 is 11.8 Å². The van der Waals surface area contributed by atoms with Gasteiger partial charge in [-0.15, -0.1) is 0 Å². The summed E-state index contributed by atoms with van der Waals surface area (Å²) in [5, 5.41) is 9.97. The summed E-state index contributed by atoms with van der Waals surface area (Å²) in [5.74, 6) is -0.199. The van der Waals surface area contributed by atoms with E-state index in [-0.39, 0.29) is 0 Å². The van der Waals surface area contributed by atoms with E-state index in [1.54, 1.807) is 7.11 Å². The minimum Gasteiger partial charge on any atom is -0.496 e. The van der Waals surface area contributed by atoms with Gasteiger partial charge in [-0.3, -0.25) is 0 Å². The Hall–Kier alpha value is -1.42. The zero-order valence-corrected chi connectivity index (χ0v) is 9.38. The van der Waals surface area contributed by atoms with E-state index in [0.717, 1.165) is 22.3 Å². The van der Waals surface area contributed by atoms with Gasteiger partial charge < -0.3 is 9.84 Å². The molecule has 1 rings (SSSR count). The Morgan fingerprint density at radius 3 is 2.87 bits per heavy atom. The van der Waals surface area contributed by atoms with Crippen LogP contribution in [0.25, 0.3) is 0 Å². The van der Waals surface area contributed by atoms with E-state index in [9.17, 15) is 4.79 Å². The first-order chi connectivity index (χ1) is 7.13. The van der Waals surface area contributed by atoms with E-state index in [2.05, 4.69) is 0 Å². The summed E-state index contributed by atoms with van der Waals surface area (Å²) in [4.78, 5) is 11.2. The van der Waals surface area contributed by atoms with Crippen LogP contribution < -0.4 is 4.74 Å². The van der Waals surface area contributed by atoms with Crippen LogP contribution in [-0.2, 0) is 4.79 Å². The van der Waals surface area contributed by atoms with Gasteiger partial charge in [-0.1, -0.05) is 17.8 Å². The maximum Gasteiger partial charge on any atom is 0.328 e. The van der Waals surface area contributed by atoms with Gasteiger partial charge >= 0.3 is 5.97 Å². The number of carboxylic acids is 1. The number of benzene rings is 1. The first kappa shape index (κ1) is 11.7. The molecule has 0 unspecified atom stereocenters. The molecule has 0 aliphatic rings. The average molecular weight is 224 g/mol. The third kappa shape index (κ3) is 3.67. The van der Waals surface area contributed by atoms with Gasteiger partial charge in [-0.05, 0) is 30.0 Å². The van der Waals surface area contributed by atoms with Crippen molar-refractivity contribution in [1.82, 2.24) is 0 Å². The summed E-state index contributed by atoms with van der Waals surface area (Å²) >= 11 is 1.33. The fourth-order valence-electron chi connectivity index (χ4n) is 1.04. The number of carbonyl (C=O) groups is 1. The van der Waals surface area contributed by atoms with Crippen molar-refractivity contribution in [3.8, 4) is 5.75 Å². The zero-order valence-electron chi connectivity index (χ0n) is 8.56. The lowest BCUT2D eigenvalue weighted by molar-refractivity contribution is -0.131. The van der Waals surface area contributed by atoms with Crippen molar-refractivity contribution in [2.75, 3.05) is 7.11 Å². The van der Waals surface area contributed by atoms with Gasteiger partial charge in [0.05, 0.1) is 12.0 Å². The normalized spacial score (nSPS) is 10.5. The van der Waals surface area contributed by atoms with Crippen molar-refractivity contribution >= 4 is 17.7 Å². The molecule has 15 heavy (non-hydrogen) atoms. The molecule has 0 bridgehead atoms. The molecule has 3 nitrogen and oxygen atoms in total. The number of hydrogen-bond acceptors (Lipinski definition) is 3. The Bertz CT molecular complexity index is 385. The first-order valence-corrected chi connectivity index (χ1v) is 5.22. The largest absolute Gasteiger partial charge is 0.496 e. The fraction of sp³-hybridized carbons (Fsp3) is 0.182. The highest BCUT2D eigenvalue weighted by atomic mass is 32.2. The molecule has 0 spiro atoms. The van der Waals surface area contributed by atoms with E-state index < -0.39 is 5.97 Å². The molecule has 0 aliphatic carbocycles. The fourth-order valence-corrected chi connectivity index (χ4v) is 1.89. The molecule has 0 atom stereocenters. The Labute approximate surface area is 92.8 Å². The lowest BCUT2D eigenvalue weighted by Gasteiger charge is -2.06. The van der Waals surface area contributed by atoms with Crippen LogP contribution in [0.15, 0.2) is 34.6 Å². The van der Waals surface area contributed by atoms with Crippen LogP contribution in [0.1, 0.15) is 5.56 Å². The summed E-state index contributed by atoms with van der Waals surface area (Å²) in [6, 6.07) is 5.77. The number of rotatable bonds is 4. The van der Waals surface area contributed by atoms with Crippen molar-refractivity contribution in [2.45, 2.75) is 11.8 Å². The number of ether oxygens (including phenoxy) is 1. The molecule has 1 aromatic carbocycles. The molecular formula is C11H12O3S. The highest BCUT2D eigenvalue weighted by Gasteiger charge is 2.01. The molecule has 0 saturated heterocycles. The average Bonchev–Trinajstić information content (AvgIpc) is 2.17. The quantitative estimate of drug-likeness (QED) is 0.631. The zero-order chi connectivity index (χ0) is 11.3. The van der Waals surface area contributed by atoms with E-state index in [1.165, 1.54) is 17.2 Å². The molecule has 1 aromatic rings. The van der Waals surface area contributed by atoms with Crippen molar-refractivity contribution in [2.24, 2.45) is 0 Å². The monoisotopic (exact) mass is 224 g/mol.